The van der Waals surface area contributed by atoms with Gasteiger partial charge in [0.05, 0.1) is 53.4 Å². The van der Waals surface area contributed by atoms with Crippen molar-refractivity contribution in [3.05, 3.63) is 0 Å². The summed E-state index contributed by atoms with van der Waals surface area (Å²) in [6, 6.07) is 0. The monoisotopic (exact) mass is 445 g/mol. The lowest BCUT2D eigenvalue weighted by Gasteiger charge is -2.33. The van der Waals surface area contributed by atoms with E-state index in [1.807, 2.05) is 0 Å². The Morgan fingerprint density at radius 1 is 0.407 bits per heavy atom. The van der Waals surface area contributed by atoms with Crippen LogP contribution in [0.3, 0.4) is 0 Å². The Balaban J connectivity index is 0.00000364. The number of hydrogen-bond donors (Lipinski definition) is 0. The van der Waals surface area contributed by atoms with Crippen molar-refractivity contribution in [2.75, 3.05) is 53.4 Å². The highest BCUT2D eigenvalue weighted by molar-refractivity contribution is 4.54. The molecule has 0 bridgehead atoms. The summed E-state index contributed by atoms with van der Waals surface area (Å²) in [6.45, 7) is 8.65. The molecule has 0 radical (unpaired) electrons. The number of hydrogen-bond acceptors (Lipinski definition) is 0. The second-order valence-electron chi connectivity index (χ2n) is 10.2. The lowest BCUT2D eigenvalue weighted by molar-refractivity contribution is -0.909. The van der Waals surface area contributed by atoms with Gasteiger partial charge in [-0.25, -0.2) is 0 Å². The van der Waals surface area contributed by atoms with E-state index in [1.165, 1.54) is 151 Å². The molecule has 2 aliphatic rings. The molecule has 2 saturated heterocycles. The molecule has 2 heterocycles. The molecule has 0 aliphatic carbocycles. The van der Waals surface area contributed by atoms with E-state index in [-0.39, 0.29) is 17.0 Å². The van der Waals surface area contributed by atoms with Gasteiger partial charge in [0.15, 0.2) is 0 Å². The zero-order valence-electron chi connectivity index (χ0n) is 18.8. The molecular formula is C24H50BrN2+. The average molecular weight is 447 g/mol. The summed E-state index contributed by atoms with van der Waals surface area (Å²) in [5, 5.41) is 0. The third-order valence-electron chi connectivity index (χ3n) is 7.44. The van der Waals surface area contributed by atoms with Crippen molar-refractivity contribution in [3.8, 4) is 0 Å². The molecule has 0 aromatic heterocycles. The molecule has 0 amide bonds. The first-order valence-corrected chi connectivity index (χ1v) is 12.3. The second kappa shape index (κ2) is 14.4. The zero-order chi connectivity index (χ0) is 18.6. The highest BCUT2D eigenvalue weighted by Gasteiger charge is 2.23. The van der Waals surface area contributed by atoms with Crippen molar-refractivity contribution in [1.82, 2.24) is 0 Å². The molecule has 162 valence electrons. The molecule has 0 atom stereocenters. The van der Waals surface area contributed by atoms with Crippen molar-refractivity contribution in [2.45, 2.75) is 103 Å². The maximum atomic E-state index is 2.51. The Hall–Kier alpha value is 0.400. The van der Waals surface area contributed by atoms with E-state index < -0.39 is 0 Å². The first-order valence-electron chi connectivity index (χ1n) is 12.3. The van der Waals surface area contributed by atoms with Gasteiger partial charge < -0.3 is 25.9 Å². The van der Waals surface area contributed by atoms with Crippen molar-refractivity contribution >= 4 is 0 Å². The summed E-state index contributed by atoms with van der Waals surface area (Å²) in [5.41, 5.74) is 0. The molecule has 0 spiro atoms. The number of nitrogens with zero attached hydrogens (tertiary/aromatic N) is 2. The van der Waals surface area contributed by atoms with Crippen molar-refractivity contribution in [3.63, 3.8) is 0 Å². The minimum atomic E-state index is 0. The Bertz CT molecular complexity index is 308. The fourth-order valence-electron chi connectivity index (χ4n) is 5.40. The molecule has 2 fully saturated rings. The molecule has 0 aromatic carbocycles. The SMILES string of the molecule is C[N+]1(CCCCCCCCCC[N+]2(C)CCCCCC2)CCCCCC1.[Br-]. The summed E-state index contributed by atoms with van der Waals surface area (Å²) < 4.78 is 2.74. The van der Waals surface area contributed by atoms with Crippen LogP contribution in [0.15, 0.2) is 0 Å². The van der Waals surface area contributed by atoms with Crippen LogP contribution in [0.25, 0.3) is 0 Å². The predicted molar refractivity (Wildman–Crippen MR) is 115 cm³/mol. The number of unbranched alkanes of at least 4 members (excludes halogenated alkanes) is 7. The van der Waals surface area contributed by atoms with Gasteiger partial charge in [-0.05, 0) is 77.0 Å². The molecule has 0 saturated carbocycles. The first-order chi connectivity index (χ1) is 12.6. The van der Waals surface area contributed by atoms with Crippen molar-refractivity contribution in [2.24, 2.45) is 0 Å². The minimum Gasteiger partial charge on any atom is -1.00 e. The van der Waals surface area contributed by atoms with Crippen LogP contribution in [0.5, 0.6) is 0 Å². The van der Waals surface area contributed by atoms with Crippen LogP contribution in [-0.4, -0.2) is 62.3 Å². The lowest BCUT2D eigenvalue weighted by atomic mass is 10.1. The minimum absolute atomic E-state index is 0. The van der Waals surface area contributed by atoms with Crippen LogP contribution < -0.4 is 17.0 Å². The molecule has 2 nitrogen and oxygen atoms in total. The molecule has 0 aromatic rings. The lowest BCUT2D eigenvalue weighted by Crippen LogP contribution is -3.00. The molecule has 2 aliphatic heterocycles. The Morgan fingerprint density at radius 2 is 0.667 bits per heavy atom. The van der Waals surface area contributed by atoms with E-state index in [4.69, 9.17) is 0 Å². The third-order valence-corrected chi connectivity index (χ3v) is 7.44. The number of likely N-dealkylation sites (tertiary alicyclic amines) is 2. The fraction of sp³-hybridized carbons (Fsp3) is 1.00. The van der Waals surface area contributed by atoms with Crippen LogP contribution in [0.2, 0.25) is 0 Å². The van der Waals surface area contributed by atoms with Crippen LogP contribution in [0.1, 0.15) is 103 Å². The molecule has 2 rings (SSSR count). The van der Waals surface area contributed by atoms with Crippen LogP contribution >= 0.6 is 0 Å². The second-order valence-corrected chi connectivity index (χ2v) is 10.2. The normalized spacial score (nSPS) is 22.4. The summed E-state index contributed by atoms with van der Waals surface area (Å²) in [5.74, 6) is 0. The molecular weight excluding hydrogens is 396 g/mol. The van der Waals surface area contributed by atoms with Crippen LogP contribution in [0.4, 0.5) is 0 Å². The van der Waals surface area contributed by atoms with E-state index in [2.05, 4.69) is 14.1 Å². The molecule has 0 unspecified atom stereocenters. The fourth-order valence-corrected chi connectivity index (χ4v) is 5.40. The smallest absolute Gasteiger partial charge is 0.0784 e. The highest BCUT2D eigenvalue weighted by Crippen LogP contribution is 2.19. The van der Waals surface area contributed by atoms with Gasteiger partial charge in [0, 0.05) is 0 Å². The number of rotatable bonds is 11. The van der Waals surface area contributed by atoms with Gasteiger partial charge in [0.25, 0.3) is 0 Å². The molecule has 0 N–H and O–H groups in total. The average Bonchev–Trinajstić information content (AvgIpc) is 2.97. The van der Waals surface area contributed by atoms with Gasteiger partial charge >= 0.3 is 0 Å². The first kappa shape index (κ1) is 25.4. The zero-order valence-corrected chi connectivity index (χ0v) is 20.4. The standard InChI is InChI=1S/C24H50N2.BrH/c1-25(21-15-9-10-16-22-25)19-13-7-5-3-4-6-8-14-20-26(2)23-17-11-12-18-24-26;/h3-24H2,1-2H3;1H/q+2;/p-1. The van der Waals surface area contributed by atoms with Gasteiger partial charge in [0.2, 0.25) is 0 Å². The van der Waals surface area contributed by atoms with Gasteiger partial charge in [-0.2, -0.15) is 0 Å². The van der Waals surface area contributed by atoms with E-state index in [1.54, 1.807) is 0 Å². The summed E-state index contributed by atoms with van der Waals surface area (Å²) >= 11 is 0. The van der Waals surface area contributed by atoms with E-state index in [0.717, 1.165) is 0 Å². The van der Waals surface area contributed by atoms with Gasteiger partial charge in [0.1, 0.15) is 0 Å². The van der Waals surface area contributed by atoms with Crippen LogP contribution in [-0.2, 0) is 0 Å². The van der Waals surface area contributed by atoms with E-state index in [0.29, 0.717) is 0 Å². The van der Waals surface area contributed by atoms with Crippen LogP contribution in [0, 0.1) is 0 Å². The topological polar surface area (TPSA) is 0 Å². The third kappa shape index (κ3) is 11.2. The summed E-state index contributed by atoms with van der Waals surface area (Å²) in [7, 11) is 5.03. The van der Waals surface area contributed by atoms with Crippen molar-refractivity contribution < 1.29 is 25.9 Å². The Labute approximate surface area is 182 Å². The quantitative estimate of drug-likeness (QED) is 0.338. The van der Waals surface area contributed by atoms with Gasteiger partial charge in [-0.1, -0.05) is 25.7 Å². The number of halogens is 1. The molecule has 3 heteroatoms. The predicted octanol–water partition coefficient (Wildman–Crippen LogP) is 3.15. The molecule has 27 heavy (non-hydrogen) atoms. The Morgan fingerprint density at radius 3 is 0.963 bits per heavy atom. The van der Waals surface area contributed by atoms with Crippen molar-refractivity contribution in [1.29, 1.82) is 0 Å². The van der Waals surface area contributed by atoms with Gasteiger partial charge in [-0.15, -0.1) is 0 Å². The van der Waals surface area contributed by atoms with E-state index in [9.17, 15) is 0 Å². The number of quaternary nitrogens is 2. The highest BCUT2D eigenvalue weighted by atomic mass is 79.9. The maximum Gasteiger partial charge on any atom is 0.0784 e. The van der Waals surface area contributed by atoms with E-state index >= 15 is 0 Å². The van der Waals surface area contributed by atoms with Gasteiger partial charge in [-0.3, -0.25) is 0 Å². The Kier molecular flexibility index (Phi) is 13.6. The summed E-state index contributed by atoms with van der Waals surface area (Å²) in [6.07, 6.45) is 23.6. The largest absolute Gasteiger partial charge is 1.00 e. The maximum absolute atomic E-state index is 2.51. The summed E-state index contributed by atoms with van der Waals surface area (Å²) in [4.78, 5) is 0.